The number of hydrogen-bond donors (Lipinski definition) is 1. The van der Waals surface area contributed by atoms with Gasteiger partial charge in [-0.3, -0.25) is 28.4 Å². The molecule has 0 saturated carbocycles. The summed E-state index contributed by atoms with van der Waals surface area (Å²) >= 11 is 5.96. The van der Waals surface area contributed by atoms with Gasteiger partial charge in [-0.25, -0.2) is 0 Å². The first kappa shape index (κ1) is 22.3. The largest absolute Gasteiger partial charge is 0.353 e. The van der Waals surface area contributed by atoms with Crippen LogP contribution in [-0.4, -0.2) is 45.6 Å². The Balaban J connectivity index is 1.61. The number of nitrogens with one attached hydrogen (secondary N) is 1. The van der Waals surface area contributed by atoms with Gasteiger partial charge >= 0.3 is 11.1 Å². The average molecular weight is 455 g/mol. The standard InChI is InChI=1S/C24H27ClN4O3/c1-2-27-13-5-6-19(27)14-26-22(30)16-29-21-8-4-3-7-20(21)28(23(31)24(29)32)15-17-9-11-18(25)12-10-17/h3-4,7-12,19H,2,5-6,13-16H2,1H3,(H,26,30)/t19-/m0/s1. The van der Waals surface area contributed by atoms with E-state index in [1.165, 1.54) is 9.13 Å². The van der Waals surface area contributed by atoms with Gasteiger partial charge in [0.15, 0.2) is 0 Å². The van der Waals surface area contributed by atoms with E-state index in [9.17, 15) is 14.4 Å². The van der Waals surface area contributed by atoms with Crippen LogP contribution in [0.25, 0.3) is 11.0 Å². The average Bonchev–Trinajstić information content (AvgIpc) is 3.27. The molecule has 0 aliphatic carbocycles. The highest BCUT2D eigenvalue weighted by Gasteiger charge is 2.23. The van der Waals surface area contributed by atoms with Gasteiger partial charge in [0.1, 0.15) is 6.54 Å². The number of likely N-dealkylation sites (tertiary alicyclic amines) is 1. The number of nitrogens with zero attached hydrogens (tertiary/aromatic N) is 3. The Kier molecular flexibility index (Phi) is 6.77. The van der Waals surface area contributed by atoms with Crippen LogP contribution in [-0.2, 0) is 17.9 Å². The zero-order valence-corrected chi connectivity index (χ0v) is 18.8. The van der Waals surface area contributed by atoms with Crippen molar-refractivity contribution in [3.05, 3.63) is 79.8 Å². The summed E-state index contributed by atoms with van der Waals surface area (Å²) in [5.41, 5.74) is 0.655. The number of hydrogen-bond acceptors (Lipinski definition) is 4. The smallest absolute Gasteiger partial charge is 0.317 e. The zero-order valence-electron chi connectivity index (χ0n) is 18.1. The van der Waals surface area contributed by atoms with Crippen molar-refractivity contribution in [2.75, 3.05) is 19.6 Å². The third-order valence-electron chi connectivity index (χ3n) is 6.13. The molecule has 32 heavy (non-hydrogen) atoms. The molecule has 2 heterocycles. The Hall–Kier alpha value is -2.90. The normalized spacial score (nSPS) is 16.5. The summed E-state index contributed by atoms with van der Waals surface area (Å²) in [5, 5.41) is 3.55. The lowest BCUT2D eigenvalue weighted by Gasteiger charge is -2.23. The third kappa shape index (κ3) is 4.64. The van der Waals surface area contributed by atoms with Crippen molar-refractivity contribution in [2.24, 2.45) is 0 Å². The van der Waals surface area contributed by atoms with Gasteiger partial charge in [-0.15, -0.1) is 0 Å². The number of fused-ring (bicyclic) bond motifs is 1. The molecule has 3 aromatic rings. The summed E-state index contributed by atoms with van der Waals surface area (Å²) in [6.07, 6.45) is 2.18. The van der Waals surface area contributed by atoms with Crippen LogP contribution < -0.4 is 16.4 Å². The lowest BCUT2D eigenvalue weighted by Crippen LogP contribution is -2.45. The molecule has 1 amide bonds. The van der Waals surface area contributed by atoms with Crippen molar-refractivity contribution in [1.82, 2.24) is 19.4 Å². The number of amides is 1. The number of aromatic nitrogens is 2. The van der Waals surface area contributed by atoms with Gasteiger partial charge in [0.2, 0.25) is 5.91 Å². The van der Waals surface area contributed by atoms with Gasteiger partial charge < -0.3 is 5.32 Å². The number of rotatable bonds is 7. The zero-order chi connectivity index (χ0) is 22.7. The first-order valence-corrected chi connectivity index (χ1v) is 11.3. The molecule has 168 valence electrons. The number of carbonyl (C=O) groups excluding carboxylic acids is 1. The monoisotopic (exact) mass is 454 g/mol. The summed E-state index contributed by atoms with van der Waals surface area (Å²) in [7, 11) is 0. The summed E-state index contributed by atoms with van der Waals surface area (Å²) in [5.74, 6) is -0.268. The molecule has 1 aliphatic rings. The lowest BCUT2D eigenvalue weighted by molar-refractivity contribution is -0.121. The van der Waals surface area contributed by atoms with Crippen molar-refractivity contribution >= 4 is 28.5 Å². The molecule has 1 N–H and O–H groups in total. The summed E-state index contributed by atoms with van der Waals surface area (Å²) in [4.78, 5) is 40.9. The number of halogens is 1. The van der Waals surface area contributed by atoms with Crippen molar-refractivity contribution in [1.29, 1.82) is 0 Å². The predicted molar refractivity (Wildman–Crippen MR) is 126 cm³/mol. The minimum Gasteiger partial charge on any atom is -0.353 e. The second-order valence-corrected chi connectivity index (χ2v) is 8.56. The van der Waals surface area contributed by atoms with Gasteiger partial charge in [-0.2, -0.15) is 0 Å². The van der Waals surface area contributed by atoms with E-state index in [1.54, 1.807) is 30.3 Å². The Morgan fingerprint density at radius 1 is 1.03 bits per heavy atom. The topological polar surface area (TPSA) is 76.3 Å². The molecule has 0 radical (unpaired) electrons. The van der Waals surface area contributed by atoms with E-state index in [0.717, 1.165) is 31.5 Å². The minimum absolute atomic E-state index is 0.185. The molecule has 0 unspecified atom stereocenters. The minimum atomic E-state index is -0.705. The number of benzene rings is 2. The molecule has 0 spiro atoms. The van der Waals surface area contributed by atoms with E-state index in [0.29, 0.717) is 28.6 Å². The molecule has 1 saturated heterocycles. The highest BCUT2D eigenvalue weighted by Crippen LogP contribution is 2.16. The van der Waals surface area contributed by atoms with Crippen LogP contribution in [0.15, 0.2) is 58.1 Å². The maximum absolute atomic E-state index is 13.0. The first-order chi connectivity index (χ1) is 15.5. The van der Waals surface area contributed by atoms with Gasteiger partial charge in [-0.1, -0.05) is 42.8 Å². The Morgan fingerprint density at radius 3 is 2.38 bits per heavy atom. The van der Waals surface area contributed by atoms with E-state index in [1.807, 2.05) is 18.2 Å². The first-order valence-electron chi connectivity index (χ1n) is 11.0. The Labute approximate surface area is 191 Å². The van der Waals surface area contributed by atoms with Gasteiger partial charge in [0, 0.05) is 17.6 Å². The van der Waals surface area contributed by atoms with Crippen molar-refractivity contribution in [3.8, 4) is 0 Å². The fourth-order valence-electron chi connectivity index (χ4n) is 4.43. The molecule has 1 fully saturated rings. The Bertz CT molecular complexity index is 1230. The fraction of sp³-hybridized carbons (Fsp3) is 0.375. The molecule has 8 heteroatoms. The highest BCUT2D eigenvalue weighted by atomic mass is 35.5. The summed E-state index contributed by atoms with van der Waals surface area (Å²) in [6.45, 7) is 4.73. The molecule has 4 rings (SSSR count). The van der Waals surface area contributed by atoms with E-state index in [-0.39, 0.29) is 19.0 Å². The Morgan fingerprint density at radius 2 is 1.69 bits per heavy atom. The quantitative estimate of drug-likeness (QED) is 0.556. The second kappa shape index (κ2) is 9.71. The van der Waals surface area contributed by atoms with E-state index >= 15 is 0 Å². The maximum atomic E-state index is 13.0. The second-order valence-electron chi connectivity index (χ2n) is 8.13. The molecule has 1 aliphatic heterocycles. The van der Waals surface area contributed by atoms with Crippen LogP contribution in [0.2, 0.25) is 5.02 Å². The SMILES string of the molecule is CCN1CCC[C@H]1CNC(=O)Cn1c(=O)c(=O)n(Cc2ccc(Cl)cc2)c2ccccc21. The molecule has 0 bridgehead atoms. The molecular weight excluding hydrogens is 428 g/mol. The molecule has 7 nitrogen and oxygen atoms in total. The summed E-state index contributed by atoms with van der Waals surface area (Å²) < 4.78 is 2.73. The third-order valence-corrected chi connectivity index (χ3v) is 6.38. The number of likely N-dealkylation sites (N-methyl/N-ethyl adjacent to an activating group) is 1. The number of carbonyl (C=O) groups is 1. The molecule has 2 aromatic carbocycles. The summed E-state index contributed by atoms with van der Waals surface area (Å²) in [6, 6.07) is 14.6. The molecule has 1 atom stereocenters. The van der Waals surface area contributed by atoms with Crippen LogP contribution in [0.1, 0.15) is 25.3 Å². The number of para-hydroxylation sites is 2. The van der Waals surface area contributed by atoms with Gasteiger partial charge in [0.25, 0.3) is 0 Å². The van der Waals surface area contributed by atoms with Crippen molar-refractivity contribution < 1.29 is 4.79 Å². The van der Waals surface area contributed by atoms with E-state index < -0.39 is 11.1 Å². The lowest BCUT2D eigenvalue weighted by atomic mass is 10.2. The predicted octanol–water partition coefficient (Wildman–Crippen LogP) is 2.47. The fourth-order valence-corrected chi connectivity index (χ4v) is 4.56. The van der Waals surface area contributed by atoms with Crippen LogP contribution >= 0.6 is 11.6 Å². The van der Waals surface area contributed by atoms with Crippen molar-refractivity contribution in [2.45, 2.75) is 38.9 Å². The van der Waals surface area contributed by atoms with Crippen molar-refractivity contribution in [3.63, 3.8) is 0 Å². The van der Waals surface area contributed by atoms with Crippen LogP contribution in [0.5, 0.6) is 0 Å². The van der Waals surface area contributed by atoms with Crippen LogP contribution in [0, 0.1) is 0 Å². The van der Waals surface area contributed by atoms with Crippen LogP contribution in [0.3, 0.4) is 0 Å². The van der Waals surface area contributed by atoms with Gasteiger partial charge in [-0.05, 0) is 55.8 Å². The van der Waals surface area contributed by atoms with E-state index in [4.69, 9.17) is 11.6 Å². The maximum Gasteiger partial charge on any atom is 0.317 e. The molecule has 1 aromatic heterocycles. The molecular formula is C24H27ClN4O3. The van der Waals surface area contributed by atoms with Gasteiger partial charge in [0.05, 0.1) is 17.6 Å². The highest BCUT2D eigenvalue weighted by molar-refractivity contribution is 6.30. The van der Waals surface area contributed by atoms with Crippen LogP contribution in [0.4, 0.5) is 0 Å². The van der Waals surface area contributed by atoms with E-state index in [2.05, 4.69) is 17.1 Å².